The second kappa shape index (κ2) is 23.7. The highest BCUT2D eigenvalue weighted by molar-refractivity contribution is 5.91. The van der Waals surface area contributed by atoms with Gasteiger partial charge in [-0.3, -0.25) is 28.9 Å². The second-order valence-electron chi connectivity index (χ2n) is 18.4. The fourth-order valence-corrected chi connectivity index (χ4v) is 9.66. The minimum atomic E-state index is -0.763. The molecule has 2 saturated heterocycles. The Kier molecular flexibility index (Phi) is 19.5. The number of amides is 5. The van der Waals surface area contributed by atoms with Crippen LogP contribution in [0.25, 0.3) is 0 Å². The fourth-order valence-electron chi connectivity index (χ4n) is 9.66. The molecule has 2 aliphatic heterocycles. The van der Waals surface area contributed by atoms with E-state index in [1.807, 2.05) is 81.7 Å². The predicted octanol–water partition coefficient (Wildman–Crippen LogP) is 3.72. The monoisotopic (exact) mass is 854 g/mol. The van der Waals surface area contributed by atoms with Gasteiger partial charge in [0.1, 0.15) is 12.1 Å². The van der Waals surface area contributed by atoms with Crippen molar-refractivity contribution in [1.82, 2.24) is 35.6 Å². The molecule has 4 rings (SSSR count). The van der Waals surface area contributed by atoms with Crippen LogP contribution in [-0.2, 0) is 39.9 Å². The van der Waals surface area contributed by atoms with Gasteiger partial charge in [0.25, 0.3) is 0 Å². The van der Waals surface area contributed by atoms with Crippen molar-refractivity contribution in [2.24, 2.45) is 23.7 Å². The molecule has 14 heteroatoms. The van der Waals surface area contributed by atoms with E-state index >= 15 is 0 Å². The first kappa shape index (κ1) is 50.1. The molecular formula is C47H79N7O7. The van der Waals surface area contributed by atoms with Gasteiger partial charge in [-0.05, 0) is 55.9 Å². The molecule has 3 aliphatic rings. The normalized spacial score (nSPS) is 21.2. The van der Waals surface area contributed by atoms with E-state index in [0.29, 0.717) is 25.9 Å². The zero-order valence-corrected chi connectivity index (χ0v) is 39.2. The maximum Gasteiger partial charge on any atom is 0.245 e. The Morgan fingerprint density at radius 1 is 0.836 bits per heavy atom. The molecule has 14 nitrogen and oxygen atoms in total. The van der Waals surface area contributed by atoms with Crippen LogP contribution in [0.15, 0.2) is 30.3 Å². The van der Waals surface area contributed by atoms with Crippen molar-refractivity contribution in [3.63, 3.8) is 0 Å². The molecule has 2 heterocycles. The summed E-state index contributed by atoms with van der Waals surface area (Å²) in [5.74, 6) is -1.68. The molecule has 344 valence electrons. The number of benzene rings is 1. The number of carbonyl (C=O) groups is 5. The van der Waals surface area contributed by atoms with Crippen LogP contribution in [0.2, 0.25) is 0 Å². The molecule has 1 aliphatic carbocycles. The molecule has 3 N–H and O–H groups in total. The van der Waals surface area contributed by atoms with E-state index in [9.17, 15) is 24.0 Å². The summed E-state index contributed by atoms with van der Waals surface area (Å²) < 4.78 is 12.2. The van der Waals surface area contributed by atoms with E-state index in [4.69, 9.17) is 9.47 Å². The minimum Gasteiger partial charge on any atom is -0.379 e. The molecular weight excluding hydrogens is 775 g/mol. The number of methoxy groups -OCH3 is 2. The van der Waals surface area contributed by atoms with Gasteiger partial charge in [0, 0.05) is 73.0 Å². The molecule has 0 bridgehead atoms. The van der Waals surface area contributed by atoms with Crippen LogP contribution >= 0.6 is 0 Å². The van der Waals surface area contributed by atoms with E-state index in [0.717, 1.165) is 57.4 Å². The summed E-state index contributed by atoms with van der Waals surface area (Å²) in [6.07, 6.45) is 3.24. The maximum absolute atomic E-state index is 14.5. The summed E-state index contributed by atoms with van der Waals surface area (Å²) in [7, 11) is 4.91. The average molecular weight is 854 g/mol. The largest absolute Gasteiger partial charge is 0.379 e. The molecule has 1 unspecified atom stereocenters. The lowest BCUT2D eigenvalue weighted by atomic mass is 9.89. The van der Waals surface area contributed by atoms with E-state index < -0.39 is 36.3 Å². The summed E-state index contributed by atoms with van der Waals surface area (Å²) in [6, 6.07) is 7.26. The third-order valence-corrected chi connectivity index (χ3v) is 13.4. The third-order valence-electron chi connectivity index (χ3n) is 13.4. The molecule has 61 heavy (non-hydrogen) atoms. The van der Waals surface area contributed by atoms with Gasteiger partial charge in [-0.2, -0.15) is 0 Å². The number of carbonyl (C=O) groups excluding carboxylic acids is 5. The first-order valence-corrected chi connectivity index (χ1v) is 23.1. The van der Waals surface area contributed by atoms with Crippen molar-refractivity contribution < 1.29 is 33.4 Å². The standard InChI is InChI=1S/C47H79N7O7/c1-12-32(7)42(51(9)47(59)40(30(3)4)50-45(57)41(31(5)6)52-26-23-48-24-27-52)38(60-10)29-39(55)54-25-17-20-37(54)43(61-11)33(8)44(56)49-36(28-34-18-15-14-16-19-34)46(58)53(13-2)35-21-22-35/h14-16,18-19,30-33,35-38,40-43,48H,12-13,17,20-29H2,1-11H3,(H,49,56)(H,50,57)/t32-,33+,36-,37-,38?,40-,41-,42-,43+/m0/s1. The summed E-state index contributed by atoms with van der Waals surface area (Å²) >= 11 is 0. The summed E-state index contributed by atoms with van der Waals surface area (Å²) in [5, 5.41) is 9.60. The van der Waals surface area contributed by atoms with E-state index in [1.54, 1.807) is 26.2 Å². The average Bonchev–Trinajstić information content (AvgIpc) is 3.97. The van der Waals surface area contributed by atoms with E-state index in [-0.39, 0.29) is 71.8 Å². The molecule has 0 radical (unpaired) electrons. The van der Waals surface area contributed by atoms with Crippen molar-refractivity contribution >= 4 is 29.5 Å². The Morgan fingerprint density at radius 3 is 2.03 bits per heavy atom. The molecule has 1 aromatic rings. The van der Waals surface area contributed by atoms with Gasteiger partial charge in [-0.1, -0.05) is 85.2 Å². The summed E-state index contributed by atoms with van der Waals surface area (Å²) in [5.41, 5.74) is 0.960. The highest BCUT2D eigenvalue weighted by atomic mass is 16.5. The Bertz CT molecular complexity index is 1570. The zero-order chi connectivity index (χ0) is 45.0. The lowest BCUT2D eigenvalue weighted by Crippen LogP contribution is -2.61. The fraction of sp³-hybridized carbons (Fsp3) is 0.766. The molecule has 9 atom stereocenters. The zero-order valence-electron chi connectivity index (χ0n) is 39.2. The second-order valence-corrected chi connectivity index (χ2v) is 18.4. The minimum absolute atomic E-state index is 0.0232. The number of rotatable bonds is 23. The quantitative estimate of drug-likeness (QED) is 0.150. The van der Waals surface area contributed by atoms with Crippen LogP contribution in [0, 0.1) is 23.7 Å². The predicted molar refractivity (Wildman–Crippen MR) is 238 cm³/mol. The molecule has 0 spiro atoms. The first-order valence-electron chi connectivity index (χ1n) is 23.1. The summed E-state index contributed by atoms with van der Waals surface area (Å²) in [4.78, 5) is 78.5. The van der Waals surface area contributed by atoms with E-state index in [1.165, 1.54) is 0 Å². The molecule has 1 saturated carbocycles. The van der Waals surface area contributed by atoms with Crippen LogP contribution in [0.5, 0.6) is 0 Å². The number of hydrogen-bond donors (Lipinski definition) is 3. The van der Waals surface area contributed by atoms with Crippen molar-refractivity contribution in [2.45, 2.75) is 149 Å². The van der Waals surface area contributed by atoms with Gasteiger partial charge in [0.15, 0.2) is 0 Å². The molecule has 5 amide bonds. The van der Waals surface area contributed by atoms with Crippen molar-refractivity contribution in [1.29, 1.82) is 0 Å². The third kappa shape index (κ3) is 13.0. The van der Waals surface area contributed by atoms with Crippen LogP contribution in [-0.4, -0.2) is 158 Å². The number of nitrogens with zero attached hydrogens (tertiary/aromatic N) is 4. The van der Waals surface area contributed by atoms with Crippen molar-refractivity contribution in [3.05, 3.63) is 35.9 Å². The molecule has 0 aromatic heterocycles. The number of ether oxygens (including phenoxy) is 2. The van der Waals surface area contributed by atoms with Crippen LogP contribution < -0.4 is 16.0 Å². The summed E-state index contributed by atoms with van der Waals surface area (Å²) in [6.45, 7) is 20.1. The van der Waals surface area contributed by atoms with E-state index in [2.05, 4.69) is 34.7 Å². The van der Waals surface area contributed by atoms with Gasteiger partial charge in [-0.15, -0.1) is 0 Å². The SMILES string of the molecule is CC[C@H](C)[C@@H](C(CC(=O)N1CCC[C@H]1[C@H](OC)[C@@H](C)C(=O)N[C@@H](Cc1ccccc1)C(=O)N(CC)C1CC1)OC)N(C)C(=O)[C@@H](NC(=O)[C@H](C(C)C)N1CCNCC1)C(C)C. The first-order chi connectivity index (χ1) is 29.1. The number of likely N-dealkylation sites (tertiary alicyclic amines) is 1. The van der Waals surface area contributed by atoms with Crippen LogP contribution in [0.4, 0.5) is 0 Å². The Hall–Kier alpha value is -3.59. The van der Waals surface area contributed by atoms with Crippen molar-refractivity contribution in [3.8, 4) is 0 Å². The molecule has 1 aromatic carbocycles. The van der Waals surface area contributed by atoms with Crippen LogP contribution in [0.3, 0.4) is 0 Å². The Balaban J connectivity index is 1.49. The van der Waals surface area contributed by atoms with Gasteiger partial charge in [-0.25, -0.2) is 0 Å². The van der Waals surface area contributed by atoms with Gasteiger partial charge in [0.2, 0.25) is 29.5 Å². The number of piperazine rings is 1. The van der Waals surface area contributed by atoms with Gasteiger partial charge >= 0.3 is 0 Å². The Labute approximate surface area is 366 Å². The topological polar surface area (TPSA) is 153 Å². The molecule has 3 fully saturated rings. The highest BCUT2D eigenvalue weighted by Gasteiger charge is 2.44. The number of nitrogens with one attached hydrogen (secondary N) is 3. The lowest BCUT2D eigenvalue weighted by Gasteiger charge is -2.41. The van der Waals surface area contributed by atoms with Gasteiger partial charge < -0.3 is 40.1 Å². The smallest absolute Gasteiger partial charge is 0.245 e. The number of likely N-dealkylation sites (N-methyl/N-ethyl adjacent to an activating group) is 2. The van der Waals surface area contributed by atoms with Gasteiger partial charge in [0.05, 0.1) is 42.7 Å². The van der Waals surface area contributed by atoms with Crippen LogP contribution in [0.1, 0.15) is 99.5 Å². The Morgan fingerprint density at radius 2 is 1.49 bits per heavy atom. The lowest BCUT2D eigenvalue weighted by molar-refractivity contribution is -0.148. The maximum atomic E-state index is 14.5. The van der Waals surface area contributed by atoms with Crippen molar-refractivity contribution in [2.75, 3.05) is 60.5 Å². The highest BCUT2D eigenvalue weighted by Crippen LogP contribution is 2.31. The number of hydrogen-bond acceptors (Lipinski definition) is 9.